The van der Waals surface area contributed by atoms with Gasteiger partial charge in [0.2, 0.25) is 0 Å². The van der Waals surface area contributed by atoms with Gasteiger partial charge in [0, 0.05) is 18.0 Å². The maximum absolute atomic E-state index is 11.7. The molecule has 17 heavy (non-hydrogen) atoms. The molecular formula is C11H13N3O3. The number of nitrogens with one attached hydrogen (secondary N) is 1. The Morgan fingerprint density at radius 1 is 1.53 bits per heavy atom. The Hall–Kier alpha value is -2.11. The molecule has 0 saturated heterocycles. The van der Waals surface area contributed by atoms with Gasteiger partial charge in [-0.05, 0) is 13.3 Å². The summed E-state index contributed by atoms with van der Waals surface area (Å²) in [6.45, 7) is 3.91. The van der Waals surface area contributed by atoms with E-state index in [1.165, 1.54) is 16.8 Å². The number of rotatable bonds is 3. The minimum absolute atomic E-state index is 0.234. The van der Waals surface area contributed by atoms with Gasteiger partial charge in [0.05, 0.1) is 6.61 Å². The van der Waals surface area contributed by atoms with Crippen molar-refractivity contribution >= 4 is 11.6 Å². The highest BCUT2D eigenvalue weighted by Crippen LogP contribution is 2.08. The van der Waals surface area contributed by atoms with Crippen molar-refractivity contribution in [2.24, 2.45) is 0 Å². The van der Waals surface area contributed by atoms with Crippen LogP contribution in [0.25, 0.3) is 5.65 Å². The highest BCUT2D eigenvalue weighted by Gasteiger charge is 2.15. The second kappa shape index (κ2) is 4.40. The van der Waals surface area contributed by atoms with Crippen LogP contribution in [-0.2, 0) is 11.2 Å². The molecule has 0 aliphatic carbocycles. The van der Waals surface area contributed by atoms with Crippen molar-refractivity contribution in [1.82, 2.24) is 14.6 Å². The fraction of sp³-hybridized carbons (Fsp3) is 0.364. The first-order valence-electron chi connectivity index (χ1n) is 5.44. The van der Waals surface area contributed by atoms with Crippen molar-refractivity contribution in [3.63, 3.8) is 0 Å². The van der Waals surface area contributed by atoms with Crippen molar-refractivity contribution in [2.75, 3.05) is 6.61 Å². The maximum atomic E-state index is 11.7. The van der Waals surface area contributed by atoms with Crippen molar-refractivity contribution in [3.05, 3.63) is 33.9 Å². The zero-order chi connectivity index (χ0) is 12.4. The topological polar surface area (TPSA) is 76.5 Å². The smallest absolute Gasteiger partial charge is 0.343 e. The lowest BCUT2D eigenvalue weighted by Crippen LogP contribution is -2.16. The maximum Gasteiger partial charge on any atom is 0.343 e. The molecule has 6 heteroatoms. The van der Waals surface area contributed by atoms with E-state index in [2.05, 4.69) is 10.1 Å². The predicted octanol–water partition coefficient (Wildman–Crippen LogP) is 0.762. The first-order chi connectivity index (χ1) is 8.17. The van der Waals surface area contributed by atoms with Crippen LogP contribution in [0.5, 0.6) is 0 Å². The highest BCUT2D eigenvalue weighted by molar-refractivity contribution is 5.95. The van der Waals surface area contributed by atoms with E-state index >= 15 is 0 Å². The van der Waals surface area contributed by atoms with Crippen molar-refractivity contribution in [2.45, 2.75) is 20.3 Å². The molecule has 2 heterocycles. The fourth-order valence-electron chi connectivity index (χ4n) is 1.57. The van der Waals surface area contributed by atoms with Crippen LogP contribution in [0.1, 0.15) is 29.9 Å². The first-order valence-corrected chi connectivity index (χ1v) is 5.44. The molecule has 0 atom stereocenters. The summed E-state index contributed by atoms with van der Waals surface area (Å²) in [6.07, 6.45) is 2.07. The molecule has 0 amide bonds. The van der Waals surface area contributed by atoms with Gasteiger partial charge in [0.25, 0.3) is 5.56 Å². The third kappa shape index (κ3) is 1.93. The second-order valence-corrected chi connectivity index (χ2v) is 3.51. The molecule has 2 rings (SSSR count). The van der Waals surface area contributed by atoms with Crippen LogP contribution in [0, 0.1) is 0 Å². The van der Waals surface area contributed by atoms with Crippen LogP contribution in [-0.4, -0.2) is 27.2 Å². The third-order valence-electron chi connectivity index (χ3n) is 2.41. The number of carbonyl (C=O) groups excluding carboxylic acids is 1. The van der Waals surface area contributed by atoms with Crippen LogP contribution in [0.15, 0.2) is 17.1 Å². The molecular weight excluding hydrogens is 222 g/mol. The molecule has 1 N–H and O–H groups in total. The van der Waals surface area contributed by atoms with E-state index in [1.54, 1.807) is 6.92 Å². The fourth-order valence-corrected chi connectivity index (χ4v) is 1.57. The summed E-state index contributed by atoms with van der Waals surface area (Å²) in [4.78, 5) is 27.6. The third-order valence-corrected chi connectivity index (χ3v) is 2.41. The molecule has 0 saturated carbocycles. The van der Waals surface area contributed by atoms with Gasteiger partial charge >= 0.3 is 5.97 Å². The summed E-state index contributed by atoms with van der Waals surface area (Å²) in [5, 5.41) is 2.69. The Kier molecular flexibility index (Phi) is 2.95. The highest BCUT2D eigenvalue weighted by atomic mass is 16.5. The predicted molar refractivity (Wildman–Crippen MR) is 61.1 cm³/mol. The van der Waals surface area contributed by atoms with Gasteiger partial charge in [-0.25, -0.2) is 14.3 Å². The number of aromatic amines is 1. The Balaban J connectivity index is 2.62. The standard InChI is InChI=1S/C11H13N3O3/c1-3-7-5-9(15)14-10(13-7)8(6-12-14)11(16)17-4-2/h5-6,12H,3-4H2,1-2H3. The van der Waals surface area contributed by atoms with Crippen molar-refractivity contribution in [1.29, 1.82) is 0 Å². The van der Waals surface area contributed by atoms with Gasteiger partial charge in [-0.15, -0.1) is 0 Å². The summed E-state index contributed by atoms with van der Waals surface area (Å²) >= 11 is 0. The van der Waals surface area contributed by atoms with Crippen LogP contribution in [0.2, 0.25) is 0 Å². The Bertz CT molecular complexity index is 612. The number of carbonyl (C=O) groups is 1. The van der Waals surface area contributed by atoms with Crippen molar-refractivity contribution < 1.29 is 9.53 Å². The SMILES string of the molecule is CCOC(=O)c1c[nH]n2c(=O)cc(CC)nc12. The number of H-pyrrole nitrogens is 1. The first kappa shape index (κ1) is 11.4. The number of aryl methyl sites for hydroxylation is 1. The molecule has 0 fully saturated rings. The molecule has 2 aromatic rings. The lowest BCUT2D eigenvalue weighted by molar-refractivity contribution is 0.0528. The Morgan fingerprint density at radius 3 is 2.94 bits per heavy atom. The average Bonchev–Trinajstić information content (AvgIpc) is 2.73. The van der Waals surface area contributed by atoms with Crippen LogP contribution >= 0.6 is 0 Å². The molecule has 0 spiro atoms. The number of esters is 1. The lowest BCUT2D eigenvalue weighted by Gasteiger charge is -2.00. The van der Waals surface area contributed by atoms with E-state index in [9.17, 15) is 9.59 Å². The lowest BCUT2D eigenvalue weighted by atomic mass is 10.3. The number of hydrogen-bond acceptors (Lipinski definition) is 4. The average molecular weight is 235 g/mol. The molecule has 90 valence electrons. The number of ether oxygens (including phenoxy) is 1. The van der Waals surface area contributed by atoms with Gasteiger partial charge in [-0.2, -0.15) is 0 Å². The van der Waals surface area contributed by atoms with E-state index in [1.807, 2.05) is 6.92 Å². The molecule has 6 nitrogen and oxygen atoms in total. The van der Waals surface area contributed by atoms with Crippen molar-refractivity contribution in [3.8, 4) is 0 Å². The molecule has 0 radical (unpaired) electrons. The molecule has 0 aromatic carbocycles. The quantitative estimate of drug-likeness (QED) is 0.797. The van der Waals surface area contributed by atoms with Gasteiger partial charge in [-0.1, -0.05) is 6.92 Å². The van der Waals surface area contributed by atoms with Gasteiger partial charge < -0.3 is 4.74 Å². The Labute approximate surface area is 97.2 Å². The molecule has 0 unspecified atom stereocenters. The number of nitrogens with zero attached hydrogens (tertiary/aromatic N) is 2. The van der Waals surface area contributed by atoms with E-state index in [0.29, 0.717) is 17.8 Å². The molecule has 0 bridgehead atoms. The van der Waals surface area contributed by atoms with Gasteiger partial charge in [0.1, 0.15) is 5.56 Å². The summed E-state index contributed by atoms with van der Waals surface area (Å²) < 4.78 is 6.12. The summed E-state index contributed by atoms with van der Waals surface area (Å²) in [7, 11) is 0. The number of fused-ring (bicyclic) bond motifs is 1. The van der Waals surface area contributed by atoms with Crippen LogP contribution < -0.4 is 5.56 Å². The van der Waals surface area contributed by atoms with Crippen LogP contribution in [0.4, 0.5) is 0 Å². The monoisotopic (exact) mass is 235 g/mol. The molecule has 0 aliphatic rings. The zero-order valence-corrected chi connectivity index (χ0v) is 9.69. The summed E-state index contributed by atoms with van der Waals surface area (Å²) in [6, 6.07) is 1.44. The number of hydrogen-bond donors (Lipinski definition) is 1. The van der Waals surface area contributed by atoms with Gasteiger partial charge in [-0.3, -0.25) is 9.89 Å². The summed E-state index contributed by atoms with van der Waals surface area (Å²) in [5.74, 6) is -0.480. The number of aromatic nitrogens is 3. The van der Waals surface area contributed by atoms with Crippen LogP contribution in [0.3, 0.4) is 0 Å². The molecule has 0 aliphatic heterocycles. The molecule has 2 aromatic heterocycles. The second-order valence-electron chi connectivity index (χ2n) is 3.51. The van der Waals surface area contributed by atoms with E-state index < -0.39 is 5.97 Å². The normalized spacial score (nSPS) is 10.7. The largest absolute Gasteiger partial charge is 0.462 e. The van der Waals surface area contributed by atoms with E-state index in [4.69, 9.17) is 4.74 Å². The minimum atomic E-state index is -0.480. The van der Waals surface area contributed by atoms with Gasteiger partial charge in [0.15, 0.2) is 5.65 Å². The van der Waals surface area contributed by atoms with E-state index in [-0.39, 0.29) is 17.7 Å². The minimum Gasteiger partial charge on any atom is -0.462 e. The van der Waals surface area contributed by atoms with E-state index in [0.717, 1.165) is 0 Å². The zero-order valence-electron chi connectivity index (χ0n) is 9.69. The Morgan fingerprint density at radius 2 is 2.29 bits per heavy atom. The summed E-state index contributed by atoms with van der Waals surface area (Å²) in [5.41, 5.74) is 1.01.